The third kappa shape index (κ3) is 7.41. The van der Waals surface area contributed by atoms with E-state index in [1.54, 1.807) is 13.1 Å². The Bertz CT molecular complexity index is 1060. The number of hydrogen-bond donors (Lipinski definition) is 3. The topological polar surface area (TPSA) is 112 Å². The zero-order chi connectivity index (χ0) is 22.6. The Morgan fingerprint density at radius 1 is 1.23 bits per heavy atom. The predicted octanol–water partition coefficient (Wildman–Crippen LogP) is 1.93. The largest absolute Gasteiger partial charge is 0.419 e. The number of carbonyl (C=O) groups excluding carboxylic acids is 1. The maximum atomic E-state index is 11.4. The van der Waals surface area contributed by atoms with E-state index in [-0.39, 0.29) is 12.3 Å². The number of rotatable bonds is 3. The molecule has 4 rings (SSSR count). The Morgan fingerprint density at radius 2 is 1.94 bits per heavy atom. The van der Waals surface area contributed by atoms with Crippen LogP contribution in [0.25, 0.3) is 22.2 Å². The van der Waals surface area contributed by atoms with Gasteiger partial charge in [-0.25, -0.2) is 4.79 Å². The molecule has 8 heteroatoms. The van der Waals surface area contributed by atoms with Crippen LogP contribution in [-0.4, -0.2) is 43.2 Å². The quantitative estimate of drug-likeness (QED) is 0.337. The predicted molar refractivity (Wildman–Crippen MR) is 122 cm³/mol. The molecule has 1 amide bonds. The van der Waals surface area contributed by atoms with E-state index in [0.717, 1.165) is 36.3 Å². The van der Waals surface area contributed by atoms with Crippen LogP contribution in [0.5, 0.6) is 0 Å². The van der Waals surface area contributed by atoms with E-state index in [1.807, 2.05) is 18.2 Å². The first kappa shape index (κ1) is 23.9. The molecule has 31 heavy (non-hydrogen) atoms. The van der Waals surface area contributed by atoms with Crippen molar-refractivity contribution >= 4 is 17.5 Å². The van der Waals surface area contributed by atoms with Crippen LogP contribution in [0.4, 0.5) is 0 Å². The van der Waals surface area contributed by atoms with Gasteiger partial charge in [0.05, 0.1) is 11.6 Å². The first-order chi connectivity index (χ1) is 15.0. The van der Waals surface area contributed by atoms with Crippen LogP contribution < -0.4 is 21.7 Å². The van der Waals surface area contributed by atoms with Crippen molar-refractivity contribution in [2.45, 2.75) is 19.9 Å². The van der Waals surface area contributed by atoms with Crippen LogP contribution >= 0.6 is 0 Å². The fraction of sp³-hybridized carbons (Fsp3) is 0.348. The number of hydrogen-bond acceptors (Lipinski definition) is 6. The number of nitriles is 1. The number of fused-ring (bicyclic) bond motifs is 1. The van der Waals surface area contributed by atoms with Gasteiger partial charge in [-0.15, -0.1) is 0 Å². The van der Waals surface area contributed by atoms with Crippen LogP contribution in [-0.2, 0) is 11.8 Å². The average molecular weight is 424 g/mol. The van der Waals surface area contributed by atoms with Gasteiger partial charge in [0.25, 0.3) is 0 Å². The third-order valence-electron chi connectivity index (χ3n) is 4.69. The monoisotopic (exact) mass is 423 g/mol. The van der Waals surface area contributed by atoms with Gasteiger partial charge in [0, 0.05) is 32.7 Å². The lowest BCUT2D eigenvalue weighted by molar-refractivity contribution is -0.109. The van der Waals surface area contributed by atoms with Gasteiger partial charge >= 0.3 is 5.76 Å². The van der Waals surface area contributed by atoms with Gasteiger partial charge in [0.2, 0.25) is 6.41 Å². The second kappa shape index (κ2) is 12.3. The Morgan fingerprint density at radius 3 is 2.45 bits per heavy atom. The molecular formula is C23H29N5O3. The molecule has 1 atom stereocenters. The minimum absolute atomic E-state index is 0.101. The van der Waals surface area contributed by atoms with Gasteiger partial charge in [-0.05, 0) is 37.1 Å². The molecule has 3 N–H and O–H groups in total. The van der Waals surface area contributed by atoms with Gasteiger partial charge < -0.3 is 20.4 Å². The summed E-state index contributed by atoms with van der Waals surface area (Å²) in [5.41, 5.74) is 4.89. The van der Waals surface area contributed by atoms with Crippen molar-refractivity contribution in [3.63, 3.8) is 0 Å². The van der Waals surface area contributed by atoms with E-state index in [0.29, 0.717) is 18.0 Å². The molecule has 164 valence electrons. The normalized spacial score (nSPS) is 15.0. The van der Waals surface area contributed by atoms with E-state index >= 15 is 0 Å². The van der Waals surface area contributed by atoms with E-state index in [9.17, 15) is 9.59 Å². The van der Waals surface area contributed by atoms with Crippen LogP contribution in [0.2, 0.25) is 0 Å². The van der Waals surface area contributed by atoms with Crippen molar-refractivity contribution in [1.29, 1.82) is 5.26 Å². The van der Waals surface area contributed by atoms with Crippen LogP contribution in [0.3, 0.4) is 0 Å². The van der Waals surface area contributed by atoms with Crippen molar-refractivity contribution in [3.8, 4) is 17.2 Å². The van der Waals surface area contributed by atoms with Crippen LogP contribution in [0.1, 0.15) is 12.5 Å². The van der Waals surface area contributed by atoms with Crippen molar-refractivity contribution in [2.75, 3.05) is 26.2 Å². The smallest absolute Gasteiger partial charge is 0.408 e. The Balaban J connectivity index is 0.000000217. The molecule has 1 saturated heterocycles. The summed E-state index contributed by atoms with van der Waals surface area (Å²) in [6.45, 7) is 7.73. The lowest BCUT2D eigenvalue weighted by Gasteiger charge is -2.19. The summed E-state index contributed by atoms with van der Waals surface area (Å²) in [5.74, 6) is -0.328. The van der Waals surface area contributed by atoms with Gasteiger partial charge in [-0.2, -0.15) is 5.26 Å². The molecule has 8 nitrogen and oxygen atoms in total. The maximum absolute atomic E-state index is 11.4. The van der Waals surface area contributed by atoms with E-state index in [2.05, 4.69) is 54.1 Å². The molecule has 1 aliphatic heterocycles. The molecule has 0 bridgehead atoms. The number of nitrogens with zero attached hydrogens (tertiary/aromatic N) is 2. The minimum Gasteiger partial charge on any atom is -0.408 e. The van der Waals surface area contributed by atoms with E-state index in [1.165, 1.54) is 10.1 Å². The summed E-state index contributed by atoms with van der Waals surface area (Å²) in [6, 6.07) is 16.5. The zero-order valence-corrected chi connectivity index (χ0v) is 18.1. The number of aromatic nitrogens is 1. The molecule has 1 aromatic heterocycles. The number of benzene rings is 2. The van der Waals surface area contributed by atoms with Gasteiger partial charge in [0.15, 0.2) is 5.58 Å². The standard InChI is InChI=1S/C15H13NO2.C5H12N2.C3H4N2O/c1-10-3-5-11(6-4-10)12-7-8-14-13(9-12)16(2)15(17)18-14;1-5-4-6-2-3-7-5;4-1-2-5-3-6/h3-9H,1-2H3;5-7H,2-4H2,1H3;3H,2H2,(H,5,6). The molecule has 0 saturated carbocycles. The first-order valence-corrected chi connectivity index (χ1v) is 10.1. The summed E-state index contributed by atoms with van der Waals surface area (Å²) in [7, 11) is 1.72. The Labute approximate surface area is 181 Å². The van der Waals surface area contributed by atoms with Crippen LogP contribution in [0, 0.1) is 18.3 Å². The Hall–Kier alpha value is -3.41. The molecule has 0 aliphatic carbocycles. The highest BCUT2D eigenvalue weighted by atomic mass is 16.4. The number of aryl methyl sites for hydroxylation is 2. The molecule has 1 unspecified atom stereocenters. The van der Waals surface area contributed by atoms with Gasteiger partial charge in [-0.3, -0.25) is 9.36 Å². The van der Waals surface area contributed by atoms with E-state index < -0.39 is 0 Å². The molecule has 1 aliphatic rings. The highest BCUT2D eigenvalue weighted by molar-refractivity contribution is 5.80. The molecular weight excluding hydrogens is 394 g/mol. The number of amides is 1. The number of piperazine rings is 1. The SMILES string of the molecule is CC1CNCCN1.Cc1ccc(-c2ccc3oc(=O)n(C)c3c2)cc1.N#CCNC=O. The number of nitrogens with one attached hydrogen (secondary N) is 3. The number of oxazole rings is 1. The minimum atomic E-state index is -0.328. The molecule has 0 spiro atoms. The summed E-state index contributed by atoms with van der Waals surface area (Å²) in [4.78, 5) is 20.7. The summed E-state index contributed by atoms with van der Waals surface area (Å²) in [5, 5.41) is 16.5. The number of carbonyl (C=O) groups is 1. The van der Waals surface area contributed by atoms with Crippen molar-refractivity contribution in [3.05, 3.63) is 58.6 Å². The van der Waals surface area contributed by atoms with Crippen molar-refractivity contribution < 1.29 is 9.21 Å². The first-order valence-electron chi connectivity index (χ1n) is 10.1. The molecule has 2 heterocycles. The van der Waals surface area contributed by atoms with Crippen LogP contribution in [0.15, 0.2) is 51.7 Å². The maximum Gasteiger partial charge on any atom is 0.419 e. The van der Waals surface area contributed by atoms with Crippen molar-refractivity contribution in [1.82, 2.24) is 20.5 Å². The molecule has 2 aromatic carbocycles. The molecule has 0 radical (unpaired) electrons. The summed E-state index contributed by atoms with van der Waals surface area (Å²) < 4.78 is 6.64. The average Bonchev–Trinajstić information content (AvgIpc) is 3.07. The molecule has 1 fully saturated rings. The lowest BCUT2D eigenvalue weighted by atomic mass is 10.0. The summed E-state index contributed by atoms with van der Waals surface area (Å²) >= 11 is 0. The highest BCUT2D eigenvalue weighted by Crippen LogP contribution is 2.24. The fourth-order valence-corrected chi connectivity index (χ4v) is 2.94. The second-order valence-corrected chi connectivity index (χ2v) is 7.19. The Kier molecular flexibility index (Phi) is 9.49. The third-order valence-corrected chi connectivity index (χ3v) is 4.69. The zero-order valence-electron chi connectivity index (χ0n) is 18.1. The van der Waals surface area contributed by atoms with Gasteiger partial charge in [-0.1, -0.05) is 35.9 Å². The lowest BCUT2D eigenvalue weighted by Crippen LogP contribution is -2.46. The summed E-state index contributed by atoms with van der Waals surface area (Å²) in [6.07, 6.45) is 0.489. The van der Waals surface area contributed by atoms with Crippen molar-refractivity contribution in [2.24, 2.45) is 7.05 Å². The fourth-order valence-electron chi connectivity index (χ4n) is 2.94. The van der Waals surface area contributed by atoms with E-state index in [4.69, 9.17) is 9.68 Å². The second-order valence-electron chi connectivity index (χ2n) is 7.19. The highest BCUT2D eigenvalue weighted by Gasteiger charge is 2.07. The van der Waals surface area contributed by atoms with Gasteiger partial charge in [0.1, 0.15) is 6.54 Å². The molecule has 3 aromatic rings.